The summed E-state index contributed by atoms with van der Waals surface area (Å²) in [5, 5.41) is 0. The van der Waals surface area contributed by atoms with Crippen LogP contribution in [0.15, 0.2) is 48.5 Å². The molecule has 0 fully saturated rings. The van der Waals surface area contributed by atoms with Crippen molar-refractivity contribution >= 4 is 6.47 Å². The minimum atomic E-state index is 0.388. The highest BCUT2D eigenvalue weighted by Crippen LogP contribution is 2.25. The molecule has 0 saturated heterocycles. The Balaban J connectivity index is 2.05. The zero-order valence-corrected chi connectivity index (χ0v) is 9.83. The number of hydrogen-bond donors (Lipinski definition) is 0. The maximum atomic E-state index is 10.1. The fourth-order valence-corrected chi connectivity index (χ4v) is 1.42. The monoisotopic (exact) mass is 244 g/mol. The second-order valence-corrected chi connectivity index (χ2v) is 3.46. The van der Waals surface area contributed by atoms with E-state index < -0.39 is 0 Å². The molecule has 0 N–H and O–H groups in total. The minimum Gasteiger partial charge on any atom is -0.497 e. The largest absolute Gasteiger partial charge is 0.497 e. The standard InChI is InChI=1S/C14H12O4/c1-16-11-2-6-13(7-3-11)18-14-8-4-12(5-9-14)17-10-15/h2-10H,1H3. The Morgan fingerprint density at radius 2 is 1.22 bits per heavy atom. The molecule has 0 bridgehead atoms. The quantitative estimate of drug-likeness (QED) is 0.758. The van der Waals surface area contributed by atoms with Crippen molar-refractivity contribution in [1.29, 1.82) is 0 Å². The third-order valence-corrected chi connectivity index (χ3v) is 2.30. The molecule has 0 heterocycles. The van der Waals surface area contributed by atoms with Crippen LogP contribution in [0.5, 0.6) is 23.0 Å². The van der Waals surface area contributed by atoms with Crippen LogP contribution in [0.3, 0.4) is 0 Å². The number of rotatable bonds is 5. The first-order valence-corrected chi connectivity index (χ1v) is 5.34. The van der Waals surface area contributed by atoms with Gasteiger partial charge < -0.3 is 14.2 Å². The summed E-state index contributed by atoms with van der Waals surface area (Å²) in [5.41, 5.74) is 0. The maximum absolute atomic E-state index is 10.1. The lowest BCUT2D eigenvalue weighted by molar-refractivity contribution is -0.120. The number of benzene rings is 2. The lowest BCUT2D eigenvalue weighted by Gasteiger charge is -2.07. The van der Waals surface area contributed by atoms with Gasteiger partial charge in [0, 0.05) is 0 Å². The number of carbonyl (C=O) groups excluding carboxylic acids is 1. The van der Waals surface area contributed by atoms with Crippen LogP contribution >= 0.6 is 0 Å². The summed E-state index contributed by atoms with van der Waals surface area (Å²) in [6, 6.07) is 14.0. The second kappa shape index (κ2) is 5.72. The van der Waals surface area contributed by atoms with Gasteiger partial charge in [0.1, 0.15) is 23.0 Å². The summed E-state index contributed by atoms with van der Waals surface area (Å²) in [6.07, 6.45) is 0. The predicted molar refractivity (Wildman–Crippen MR) is 66.2 cm³/mol. The van der Waals surface area contributed by atoms with Gasteiger partial charge in [-0.05, 0) is 48.5 Å². The van der Waals surface area contributed by atoms with E-state index in [9.17, 15) is 4.79 Å². The third-order valence-electron chi connectivity index (χ3n) is 2.30. The average molecular weight is 244 g/mol. The van der Waals surface area contributed by atoms with E-state index in [1.54, 1.807) is 31.4 Å². The third kappa shape index (κ3) is 3.01. The molecule has 2 aromatic rings. The van der Waals surface area contributed by atoms with Gasteiger partial charge in [-0.15, -0.1) is 0 Å². The lowest BCUT2D eigenvalue weighted by atomic mass is 10.3. The minimum absolute atomic E-state index is 0.388. The van der Waals surface area contributed by atoms with Gasteiger partial charge in [0.05, 0.1) is 7.11 Å². The first kappa shape index (κ1) is 12.0. The van der Waals surface area contributed by atoms with Crippen molar-refractivity contribution in [2.75, 3.05) is 7.11 Å². The molecule has 0 aliphatic carbocycles. The van der Waals surface area contributed by atoms with Crippen molar-refractivity contribution in [3.63, 3.8) is 0 Å². The molecule has 0 spiro atoms. The zero-order chi connectivity index (χ0) is 12.8. The molecule has 18 heavy (non-hydrogen) atoms. The smallest absolute Gasteiger partial charge is 0.298 e. The molecule has 4 nitrogen and oxygen atoms in total. The summed E-state index contributed by atoms with van der Waals surface area (Å²) >= 11 is 0. The molecule has 0 radical (unpaired) electrons. The Bertz CT molecular complexity index is 502. The van der Waals surface area contributed by atoms with Gasteiger partial charge in [-0.3, -0.25) is 4.79 Å². The van der Waals surface area contributed by atoms with Gasteiger partial charge in [0.25, 0.3) is 6.47 Å². The fraction of sp³-hybridized carbons (Fsp3) is 0.0714. The number of methoxy groups -OCH3 is 1. The van der Waals surface area contributed by atoms with Crippen molar-refractivity contribution in [2.45, 2.75) is 0 Å². The van der Waals surface area contributed by atoms with Crippen LogP contribution in [-0.2, 0) is 4.79 Å². The van der Waals surface area contributed by atoms with E-state index in [1.807, 2.05) is 24.3 Å². The highest BCUT2D eigenvalue weighted by Gasteiger charge is 1.99. The molecular formula is C14H12O4. The highest BCUT2D eigenvalue weighted by atomic mass is 16.5. The first-order chi connectivity index (χ1) is 8.81. The molecule has 0 amide bonds. The van der Waals surface area contributed by atoms with Crippen molar-refractivity contribution in [2.24, 2.45) is 0 Å². The zero-order valence-electron chi connectivity index (χ0n) is 9.83. The molecule has 0 unspecified atom stereocenters. The van der Waals surface area contributed by atoms with Crippen molar-refractivity contribution in [3.8, 4) is 23.0 Å². The summed E-state index contributed by atoms with van der Waals surface area (Å²) in [5.74, 6) is 2.63. The molecule has 0 saturated carbocycles. The molecule has 2 aromatic carbocycles. The molecule has 92 valence electrons. The van der Waals surface area contributed by atoms with Crippen LogP contribution in [0.2, 0.25) is 0 Å². The van der Waals surface area contributed by atoms with E-state index in [-0.39, 0.29) is 0 Å². The van der Waals surface area contributed by atoms with Crippen LogP contribution in [0, 0.1) is 0 Å². The Hall–Kier alpha value is -2.49. The first-order valence-electron chi connectivity index (χ1n) is 5.34. The topological polar surface area (TPSA) is 44.8 Å². The van der Waals surface area contributed by atoms with Gasteiger partial charge in [0.2, 0.25) is 0 Å². The summed E-state index contributed by atoms with van der Waals surface area (Å²) in [4.78, 5) is 10.1. The summed E-state index contributed by atoms with van der Waals surface area (Å²) < 4.78 is 15.4. The van der Waals surface area contributed by atoms with E-state index in [2.05, 4.69) is 4.74 Å². The van der Waals surface area contributed by atoms with Crippen LogP contribution in [0.25, 0.3) is 0 Å². The Morgan fingerprint density at radius 3 is 1.67 bits per heavy atom. The molecule has 4 heteroatoms. The van der Waals surface area contributed by atoms with E-state index in [4.69, 9.17) is 9.47 Å². The molecule has 0 aliphatic rings. The van der Waals surface area contributed by atoms with Gasteiger partial charge in [-0.25, -0.2) is 0 Å². The summed E-state index contributed by atoms with van der Waals surface area (Å²) in [6.45, 7) is 0.388. The maximum Gasteiger partial charge on any atom is 0.298 e. The molecule has 0 aliphatic heterocycles. The van der Waals surface area contributed by atoms with E-state index >= 15 is 0 Å². The predicted octanol–water partition coefficient (Wildman–Crippen LogP) is 3.02. The Kier molecular flexibility index (Phi) is 3.81. The SMILES string of the molecule is COc1ccc(Oc2ccc(OC=O)cc2)cc1. The molecule has 2 rings (SSSR count). The Labute approximate surface area is 105 Å². The van der Waals surface area contributed by atoms with Crippen molar-refractivity contribution in [1.82, 2.24) is 0 Å². The van der Waals surface area contributed by atoms with E-state index in [1.165, 1.54) is 0 Å². The molecular weight excluding hydrogens is 232 g/mol. The summed E-state index contributed by atoms with van der Waals surface area (Å²) in [7, 11) is 1.61. The molecule has 0 atom stereocenters. The van der Waals surface area contributed by atoms with Gasteiger partial charge >= 0.3 is 0 Å². The average Bonchev–Trinajstić information content (AvgIpc) is 2.42. The second-order valence-electron chi connectivity index (χ2n) is 3.46. The lowest BCUT2D eigenvalue weighted by Crippen LogP contribution is -1.89. The number of hydrogen-bond acceptors (Lipinski definition) is 4. The number of carbonyl (C=O) groups is 1. The fourth-order valence-electron chi connectivity index (χ4n) is 1.42. The van der Waals surface area contributed by atoms with E-state index in [0.717, 1.165) is 5.75 Å². The highest BCUT2D eigenvalue weighted by molar-refractivity contribution is 5.46. The molecule has 0 aromatic heterocycles. The number of ether oxygens (including phenoxy) is 3. The normalized spacial score (nSPS) is 9.61. The Morgan fingerprint density at radius 1 is 0.778 bits per heavy atom. The van der Waals surface area contributed by atoms with E-state index in [0.29, 0.717) is 23.7 Å². The van der Waals surface area contributed by atoms with Crippen LogP contribution in [0.4, 0.5) is 0 Å². The van der Waals surface area contributed by atoms with Crippen LogP contribution < -0.4 is 14.2 Å². The van der Waals surface area contributed by atoms with Gasteiger partial charge in [-0.1, -0.05) is 0 Å². The van der Waals surface area contributed by atoms with Crippen molar-refractivity contribution in [3.05, 3.63) is 48.5 Å². The van der Waals surface area contributed by atoms with Crippen LogP contribution in [0.1, 0.15) is 0 Å². The van der Waals surface area contributed by atoms with Crippen molar-refractivity contribution < 1.29 is 19.0 Å². The van der Waals surface area contributed by atoms with Crippen LogP contribution in [-0.4, -0.2) is 13.6 Å². The van der Waals surface area contributed by atoms with Gasteiger partial charge in [0.15, 0.2) is 0 Å². The van der Waals surface area contributed by atoms with Gasteiger partial charge in [-0.2, -0.15) is 0 Å².